The minimum absolute atomic E-state index is 0.00609. The standard InChI is InChI=1S/C18H18FNO/c1-13-4-5-16(12-18(13)19)7-6-15-8-10-17(11-9-15)20(3)14(2)21/h4-12H,1-3H3/b7-6+/i19-1. The Morgan fingerprint density at radius 1 is 1.05 bits per heavy atom. The maximum atomic E-state index is 13.5. The summed E-state index contributed by atoms with van der Waals surface area (Å²) in [6.45, 7) is 3.27. The zero-order valence-corrected chi connectivity index (χ0v) is 12.4. The summed E-state index contributed by atoms with van der Waals surface area (Å²) in [5, 5.41) is 0. The molecule has 2 rings (SSSR count). The highest BCUT2D eigenvalue weighted by Gasteiger charge is 2.04. The molecular formula is C18H18FNO. The van der Waals surface area contributed by atoms with E-state index in [1.54, 1.807) is 24.9 Å². The van der Waals surface area contributed by atoms with Gasteiger partial charge in [0.25, 0.3) is 0 Å². The molecule has 0 aromatic heterocycles. The van der Waals surface area contributed by atoms with Gasteiger partial charge in [0.1, 0.15) is 5.82 Å². The van der Waals surface area contributed by atoms with E-state index in [-0.39, 0.29) is 11.7 Å². The second-order valence-electron chi connectivity index (χ2n) is 5.01. The van der Waals surface area contributed by atoms with Crippen LogP contribution in [0, 0.1) is 12.7 Å². The van der Waals surface area contributed by atoms with Crippen molar-refractivity contribution in [3.8, 4) is 0 Å². The number of anilines is 1. The first-order chi connectivity index (χ1) is 9.97. The van der Waals surface area contributed by atoms with E-state index in [1.807, 2.05) is 42.5 Å². The molecule has 0 aliphatic rings. The number of carbonyl (C=O) groups excluding carboxylic acids is 1. The van der Waals surface area contributed by atoms with Crippen LogP contribution >= 0.6 is 0 Å². The van der Waals surface area contributed by atoms with Crippen molar-refractivity contribution < 1.29 is 9.18 Å². The van der Waals surface area contributed by atoms with Crippen LogP contribution in [0.25, 0.3) is 12.2 Å². The molecule has 0 fully saturated rings. The third kappa shape index (κ3) is 3.78. The van der Waals surface area contributed by atoms with Crippen LogP contribution in [-0.2, 0) is 4.79 Å². The van der Waals surface area contributed by atoms with Crippen LogP contribution in [0.1, 0.15) is 23.6 Å². The molecule has 2 nitrogen and oxygen atoms in total. The summed E-state index contributed by atoms with van der Waals surface area (Å²) >= 11 is 0. The molecule has 0 aliphatic carbocycles. The summed E-state index contributed by atoms with van der Waals surface area (Å²) in [7, 11) is 1.74. The topological polar surface area (TPSA) is 20.3 Å². The number of rotatable bonds is 3. The highest BCUT2D eigenvalue weighted by molar-refractivity contribution is 5.91. The van der Waals surface area contributed by atoms with Crippen LogP contribution in [0.3, 0.4) is 0 Å². The number of halogens is 1. The minimum Gasteiger partial charge on any atom is -0.316 e. The van der Waals surface area contributed by atoms with Gasteiger partial charge in [0, 0.05) is 19.7 Å². The predicted octanol–water partition coefficient (Wildman–Crippen LogP) is 4.29. The molecule has 0 unspecified atom stereocenters. The monoisotopic (exact) mass is 282 g/mol. The summed E-state index contributed by atoms with van der Waals surface area (Å²) in [5.41, 5.74) is 3.31. The van der Waals surface area contributed by atoms with E-state index >= 15 is 0 Å². The van der Waals surface area contributed by atoms with Crippen molar-refractivity contribution in [3.05, 3.63) is 65.0 Å². The largest absolute Gasteiger partial charge is 0.316 e. The van der Waals surface area contributed by atoms with Crippen molar-refractivity contribution >= 4 is 23.7 Å². The molecule has 3 heteroatoms. The molecule has 2 aromatic rings. The van der Waals surface area contributed by atoms with Crippen LogP contribution < -0.4 is 4.90 Å². The third-order valence-electron chi connectivity index (χ3n) is 3.42. The summed E-state index contributed by atoms with van der Waals surface area (Å²) in [4.78, 5) is 12.9. The first-order valence-electron chi connectivity index (χ1n) is 6.76. The van der Waals surface area contributed by atoms with Gasteiger partial charge in [0.05, 0.1) is 0 Å². The fourth-order valence-corrected chi connectivity index (χ4v) is 1.90. The first-order valence-corrected chi connectivity index (χ1v) is 6.76. The van der Waals surface area contributed by atoms with Crippen molar-refractivity contribution in [2.75, 3.05) is 11.9 Å². The lowest BCUT2D eigenvalue weighted by atomic mass is 10.1. The molecule has 1 amide bonds. The molecule has 0 atom stereocenters. The van der Waals surface area contributed by atoms with Crippen LogP contribution in [0.4, 0.5) is 10.1 Å². The zero-order valence-electron chi connectivity index (χ0n) is 12.4. The Kier molecular flexibility index (Phi) is 4.53. The Morgan fingerprint density at radius 2 is 1.62 bits per heavy atom. The summed E-state index contributed by atoms with van der Waals surface area (Å²) in [5.74, 6) is -0.205. The van der Waals surface area contributed by atoms with Gasteiger partial charge in [-0.1, -0.05) is 36.4 Å². The van der Waals surface area contributed by atoms with E-state index < -0.39 is 0 Å². The lowest BCUT2D eigenvalue weighted by Crippen LogP contribution is -2.22. The molecule has 0 N–H and O–H groups in total. The second-order valence-corrected chi connectivity index (χ2v) is 5.01. The zero-order chi connectivity index (χ0) is 15.4. The van der Waals surface area contributed by atoms with Gasteiger partial charge in [0.2, 0.25) is 5.91 Å². The lowest BCUT2D eigenvalue weighted by Gasteiger charge is -2.14. The summed E-state index contributed by atoms with van der Waals surface area (Å²) < 4.78 is 13.5. The number of amides is 1. The smallest absolute Gasteiger partial charge is 0.223 e. The van der Waals surface area contributed by atoms with E-state index in [0.29, 0.717) is 5.56 Å². The number of hydrogen-bond donors (Lipinski definition) is 0. The van der Waals surface area contributed by atoms with Crippen LogP contribution in [0.5, 0.6) is 0 Å². The fourth-order valence-electron chi connectivity index (χ4n) is 1.90. The van der Waals surface area contributed by atoms with Gasteiger partial charge in [-0.2, -0.15) is 0 Å². The molecule has 0 aliphatic heterocycles. The number of nitrogens with zero attached hydrogens (tertiary/aromatic N) is 1. The van der Waals surface area contributed by atoms with E-state index in [2.05, 4.69) is 0 Å². The van der Waals surface area contributed by atoms with E-state index in [9.17, 15) is 9.18 Å². The molecular weight excluding hydrogens is 264 g/mol. The maximum Gasteiger partial charge on any atom is 0.223 e. The van der Waals surface area contributed by atoms with Gasteiger partial charge < -0.3 is 4.90 Å². The Balaban J connectivity index is 2.14. The highest BCUT2D eigenvalue weighted by Crippen LogP contribution is 2.16. The number of benzene rings is 2. The van der Waals surface area contributed by atoms with Crippen molar-refractivity contribution in [1.29, 1.82) is 0 Å². The average Bonchev–Trinajstić information content (AvgIpc) is 2.48. The minimum atomic E-state index is -0.199. The number of aryl methyl sites for hydroxylation is 1. The Morgan fingerprint density at radius 3 is 2.19 bits per heavy atom. The first kappa shape index (κ1) is 15.0. The Labute approximate surface area is 124 Å². The number of carbonyl (C=O) groups is 1. The van der Waals surface area contributed by atoms with E-state index in [1.165, 1.54) is 13.0 Å². The summed E-state index contributed by atoms with van der Waals surface area (Å²) in [6, 6.07) is 12.8. The van der Waals surface area contributed by atoms with Gasteiger partial charge in [-0.25, -0.2) is 4.39 Å². The van der Waals surface area contributed by atoms with Crippen molar-refractivity contribution in [2.45, 2.75) is 13.8 Å². The molecule has 0 spiro atoms. The van der Waals surface area contributed by atoms with E-state index in [0.717, 1.165) is 16.8 Å². The average molecular weight is 282 g/mol. The van der Waals surface area contributed by atoms with Crippen molar-refractivity contribution in [1.82, 2.24) is 0 Å². The van der Waals surface area contributed by atoms with Gasteiger partial charge in [-0.05, 0) is 41.8 Å². The predicted molar refractivity (Wildman–Crippen MR) is 85.6 cm³/mol. The molecule has 108 valence electrons. The SMILES string of the molecule is CC(=O)N(C)c1ccc(/C=C/c2ccc(C)c([18F])c2)cc1. The van der Waals surface area contributed by atoms with E-state index in [4.69, 9.17) is 0 Å². The van der Waals surface area contributed by atoms with Crippen molar-refractivity contribution in [3.63, 3.8) is 0 Å². The van der Waals surface area contributed by atoms with Crippen molar-refractivity contribution in [2.24, 2.45) is 0 Å². The molecule has 0 saturated carbocycles. The normalized spacial score (nSPS) is 10.9. The Bertz CT molecular complexity index is 674. The Hall–Kier alpha value is -2.42. The van der Waals surface area contributed by atoms with Crippen LogP contribution in [0.2, 0.25) is 0 Å². The van der Waals surface area contributed by atoms with Gasteiger partial charge in [-0.15, -0.1) is 0 Å². The maximum absolute atomic E-state index is 13.5. The fraction of sp³-hybridized carbons (Fsp3) is 0.167. The molecule has 0 heterocycles. The van der Waals surface area contributed by atoms with Gasteiger partial charge in [-0.3, -0.25) is 4.79 Å². The number of hydrogen-bond acceptors (Lipinski definition) is 1. The molecule has 21 heavy (non-hydrogen) atoms. The second kappa shape index (κ2) is 6.35. The highest BCUT2D eigenvalue weighted by atomic mass is 18.2. The van der Waals surface area contributed by atoms with Gasteiger partial charge >= 0.3 is 0 Å². The van der Waals surface area contributed by atoms with Crippen LogP contribution in [-0.4, -0.2) is 13.0 Å². The molecule has 0 radical (unpaired) electrons. The lowest BCUT2D eigenvalue weighted by molar-refractivity contribution is -0.116. The molecule has 0 saturated heterocycles. The molecule has 2 aromatic carbocycles. The van der Waals surface area contributed by atoms with Gasteiger partial charge in [0.15, 0.2) is 0 Å². The summed E-state index contributed by atoms with van der Waals surface area (Å²) in [6.07, 6.45) is 3.79. The van der Waals surface area contributed by atoms with Crippen LogP contribution in [0.15, 0.2) is 42.5 Å². The third-order valence-corrected chi connectivity index (χ3v) is 3.42. The quantitative estimate of drug-likeness (QED) is 0.769. The molecule has 0 bridgehead atoms.